The number of nitrogens with zero attached hydrogens (tertiary/aromatic N) is 2. The van der Waals surface area contributed by atoms with Crippen LogP contribution in [0.25, 0.3) is 0 Å². The first kappa shape index (κ1) is 12.6. The lowest BCUT2D eigenvalue weighted by atomic mass is 10.2. The molecule has 0 radical (unpaired) electrons. The van der Waals surface area contributed by atoms with Crippen molar-refractivity contribution in [2.75, 3.05) is 44.2 Å². The summed E-state index contributed by atoms with van der Waals surface area (Å²) >= 11 is 3.45. The van der Waals surface area contributed by atoms with Crippen molar-refractivity contribution < 1.29 is 9.53 Å². The maximum Gasteiger partial charge on any atom is 0.317 e. The number of halogens is 1. The zero-order valence-corrected chi connectivity index (χ0v) is 12.1. The molecule has 0 bridgehead atoms. The number of ether oxygens (including phenoxy) is 1. The average molecular weight is 326 g/mol. The van der Waals surface area contributed by atoms with E-state index in [1.54, 1.807) is 0 Å². The van der Waals surface area contributed by atoms with Gasteiger partial charge in [0.1, 0.15) is 12.4 Å². The van der Waals surface area contributed by atoms with Crippen LogP contribution in [0.5, 0.6) is 5.75 Å². The summed E-state index contributed by atoms with van der Waals surface area (Å²) in [5.74, 6) is 0.909. The molecule has 19 heavy (non-hydrogen) atoms. The summed E-state index contributed by atoms with van der Waals surface area (Å²) in [6, 6.07) is 6.11. The van der Waals surface area contributed by atoms with Gasteiger partial charge in [0.2, 0.25) is 0 Å². The number of fused-ring (bicyclic) bond motifs is 1. The van der Waals surface area contributed by atoms with E-state index >= 15 is 0 Å². The number of anilines is 1. The molecular weight excluding hydrogens is 310 g/mol. The lowest BCUT2D eigenvalue weighted by Crippen LogP contribution is -2.40. The number of nitrogens with one attached hydrogen (secondary N) is 1. The van der Waals surface area contributed by atoms with Crippen LogP contribution in [0.4, 0.5) is 10.5 Å². The minimum atomic E-state index is 0.0456. The zero-order chi connectivity index (χ0) is 13.2. The van der Waals surface area contributed by atoms with E-state index in [0.29, 0.717) is 6.61 Å². The van der Waals surface area contributed by atoms with Crippen LogP contribution in [0.3, 0.4) is 0 Å². The van der Waals surface area contributed by atoms with Gasteiger partial charge in [-0.25, -0.2) is 4.79 Å². The first-order valence-electron chi connectivity index (χ1n) is 6.44. The molecule has 0 aliphatic carbocycles. The van der Waals surface area contributed by atoms with Gasteiger partial charge in [-0.3, -0.25) is 0 Å². The third-order valence-electron chi connectivity index (χ3n) is 3.47. The summed E-state index contributed by atoms with van der Waals surface area (Å²) in [4.78, 5) is 15.6. The molecule has 2 aliphatic rings. The van der Waals surface area contributed by atoms with Crippen LogP contribution < -0.4 is 15.0 Å². The Morgan fingerprint density at radius 2 is 2.11 bits per heavy atom. The summed E-state index contributed by atoms with van der Waals surface area (Å²) in [6.45, 7) is 4.70. The second-order valence-electron chi connectivity index (χ2n) is 4.67. The topological polar surface area (TPSA) is 44.8 Å². The molecule has 0 atom stereocenters. The van der Waals surface area contributed by atoms with Crippen molar-refractivity contribution in [2.45, 2.75) is 0 Å². The Morgan fingerprint density at radius 1 is 1.26 bits per heavy atom. The molecule has 0 spiro atoms. The highest BCUT2D eigenvalue weighted by atomic mass is 79.9. The maximum absolute atomic E-state index is 11.5. The highest BCUT2D eigenvalue weighted by Crippen LogP contribution is 2.33. The molecule has 3 rings (SSSR count). The molecule has 5 nitrogen and oxygen atoms in total. The predicted octanol–water partition coefficient (Wildman–Crippen LogP) is 1.67. The summed E-state index contributed by atoms with van der Waals surface area (Å²) in [5.41, 5.74) is 1.11. The van der Waals surface area contributed by atoms with Crippen molar-refractivity contribution >= 4 is 27.6 Å². The monoisotopic (exact) mass is 325 g/mol. The summed E-state index contributed by atoms with van der Waals surface area (Å²) in [7, 11) is 0. The van der Waals surface area contributed by atoms with Crippen LogP contribution >= 0.6 is 15.9 Å². The SMILES string of the molecule is O=C1NCCN1CCN1CCOc2cc(Br)ccc21. The molecule has 1 fully saturated rings. The molecule has 0 unspecified atom stereocenters. The van der Waals surface area contributed by atoms with Crippen LogP contribution in [-0.2, 0) is 0 Å². The van der Waals surface area contributed by atoms with E-state index in [1.807, 2.05) is 17.0 Å². The van der Waals surface area contributed by atoms with Gasteiger partial charge in [0.15, 0.2) is 0 Å². The molecule has 0 saturated carbocycles. The van der Waals surface area contributed by atoms with Gasteiger partial charge in [0, 0.05) is 30.7 Å². The van der Waals surface area contributed by atoms with Crippen LogP contribution in [0.1, 0.15) is 0 Å². The molecule has 2 heterocycles. The number of hydrogen-bond acceptors (Lipinski definition) is 3. The Labute approximate surface area is 120 Å². The van der Waals surface area contributed by atoms with Gasteiger partial charge in [0.25, 0.3) is 0 Å². The van der Waals surface area contributed by atoms with E-state index in [-0.39, 0.29) is 6.03 Å². The fraction of sp³-hybridized carbons (Fsp3) is 0.462. The highest BCUT2D eigenvalue weighted by molar-refractivity contribution is 9.10. The summed E-state index contributed by atoms with van der Waals surface area (Å²) < 4.78 is 6.68. The lowest BCUT2D eigenvalue weighted by molar-refractivity contribution is 0.217. The highest BCUT2D eigenvalue weighted by Gasteiger charge is 2.22. The number of rotatable bonds is 3. The lowest BCUT2D eigenvalue weighted by Gasteiger charge is -2.32. The van der Waals surface area contributed by atoms with Gasteiger partial charge >= 0.3 is 6.03 Å². The average Bonchev–Trinajstić information content (AvgIpc) is 2.81. The Balaban J connectivity index is 1.68. The van der Waals surface area contributed by atoms with E-state index in [9.17, 15) is 4.79 Å². The number of urea groups is 1. The molecule has 1 aromatic carbocycles. The van der Waals surface area contributed by atoms with Gasteiger partial charge in [-0.2, -0.15) is 0 Å². The number of amides is 2. The smallest absolute Gasteiger partial charge is 0.317 e. The molecule has 0 aromatic heterocycles. The van der Waals surface area contributed by atoms with Crippen molar-refractivity contribution in [1.82, 2.24) is 10.2 Å². The largest absolute Gasteiger partial charge is 0.490 e. The van der Waals surface area contributed by atoms with Crippen LogP contribution in [0.15, 0.2) is 22.7 Å². The molecular formula is C13H16BrN3O2. The Kier molecular flexibility index (Phi) is 3.50. The molecule has 102 valence electrons. The standard InChI is InChI=1S/C13H16BrN3O2/c14-10-1-2-11-12(9-10)19-8-7-16(11)5-6-17-4-3-15-13(17)18/h1-2,9H,3-8H2,(H,15,18). The number of benzene rings is 1. The van der Waals surface area contributed by atoms with Crippen LogP contribution in [-0.4, -0.2) is 50.3 Å². The van der Waals surface area contributed by atoms with Gasteiger partial charge < -0.3 is 19.9 Å². The Hall–Kier alpha value is -1.43. The van der Waals surface area contributed by atoms with E-state index in [0.717, 1.165) is 48.6 Å². The van der Waals surface area contributed by atoms with Crippen LogP contribution in [0, 0.1) is 0 Å². The number of carbonyl (C=O) groups excluding carboxylic acids is 1. The first-order valence-corrected chi connectivity index (χ1v) is 7.23. The van der Waals surface area contributed by atoms with Crippen molar-refractivity contribution in [3.8, 4) is 5.75 Å². The van der Waals surface area contributed by atoms with Gasteiger partial charge in [-0.1, -0.05) is 15.9 Å². The number of carbonyl (C=O) groups is 1. The quantitative estimate of drug-likeness (QED) is 0.919. The van der Waals surface area contributed by atoms with Gasteiger partial charge in [-0.15, -0.1) is 0 Å². The molecule has 1 N–H and O–H groups in total. The fourth-order valence-corrected chi connectivity index (χ4v) is 2.79. The van der Waals surface area contributed by atoms with Crippen molar-refractivity contribution in [3.05, 3.63) is 22.7 Å². The van der Waals surface area contributed by atoms with Crippen LogP contribution in [0.2, 0.25) is 0 Å². The number of hydrogen-bond donors (Lipinski definition) is 1. The van der Waals surface area contributed by atoms with Gasteiger partial charge in [0.05, 0.1) is 12.2 Å². The maximum atomic E-state index is 11.5. The normalized spacial score (nSPS) is 18.1. The van der Waals surface area contributed by atoms with E-state index in [1.165, 1.54) is 0 Å². The van der Waals surface area contributed by atoms with E-state index < -0.39 is 0 Å². The molecule has 6 heteroatoms. The van der Waals surface area contributed by atoms with E-state index in [4.69, 9.17) is 4.74 Å². The second kappa shape index (κ2) is 5.28. The minimum Gasteiger partial charge on any atom is -0.490 e. The van der Waals surface area contributed by atoms with Gasteiger partial charge in [-0.05, 0) is 18.2 Å². The Morgan fingerprint density at radius 3 is 2.89 bits per heavy atom. The molecule has 1 saturated heterocycles. The van der Waals surface area contributed by atoms with Crippen molar-refractivity contribution in [1.29, 1.82) is 0 Å². The van der Waals surface area contributed by atoms with Crippen molar-refractivity contribution in [3.63, 3.8) is 0 Å². The minimum absolute atomic E-state index is 0.0456. The predicted molar refractivity (Wildman–Crippen MR) is 76.8 cm³/mol. The second-order valence-corrected chi connectivity index (χ2v) is 5.58. The summed E-state index contributed by atoms with van der Waals surface area (Å²) in [6.07, 6.45) is 0. The van der Waals surface area contributed by atoms with E-state index in [2.05, 4.69) is 32.2 Å². The molecule has 1 aromatic rings. The third-order valence-corrected chi connectivity index (χ3v) is 3.96. The zero-order valence-electron chi connectivity index (χ0n) is 10.6. The van der Waals surface area contributed by atoms with Crippen molar-refractivity contribution in [2.24, 2.45) is 0 Å². The first-order chi connectivity index (χ1) is 9.24. The fourth-order valence-electron chi connectivity index (χ4n) is 2.45. The molecule has 2 aliphatic heterocycles. The third kappa shape index (κ3) is 2.63. The summed E-state index contributed by atoms with van der Waals surface area (Å²) in [5, 5.41) is 2.82. The Bertz CT molecular complexity index is 495. The molecule has 2 amide bonds.